The van der Waals surface area contributed by atoms with Crippen LogP contribution in [0.25, 0.3) is 11.4 Å². The molecule has 3 aromatic rings. The largest absolute Gasteiger partial charge is 0.432 e. The molecular weight excluding hydrogens is 381 g/mol. The Balaban J connectivity index is 1.99. The number of alkyl halides is 2. The Hall–Kier alpha value is -3.17. The van der Waals surface area contributed by atoms with E-state index in [9.17, 15) is 30.7 Å². The van der Waals surface area contributed by atoms with E-state index >= 15 is 0 Å². The van der Waals surface area contributed by atoms with Crippen LogP contribution in [0.3, 0.4) is 0 Å². The van der Waals surface area contributed by atoms with Crippen molar-refractivity contribution in [1.82, 2.24) is 9.97 Å². The third-order valence-corrected chi connectivity index (χ3v) is 3.36. The number of nitrogens with zero attached hydrogens (tertiary/aromatic N) is 2. The molecular formula is C17H7F7N2O. The van der Waals surface area contributed by atoms with Crippen LogP contribution in [-0.2, 0) is 6.11 Å². The van der Waals surface area contributed by atoms with E-state index in [-0.39, 0.29) is 23.5 Å². The Kier molecular flexibility index (Phi) is 4.73. The summed E-state index contributed by atoms with van der Waals surface area (Å²) in [6.45, 7) is 0. The maximum atomic E-state index is 14.2. The molecule has 3 rings (SSSR count). The van der Waals surface area contributed by atoms with Gasteiger partial charge in [-0.15, -0.1) is 0 Å². The summed E-state index contributed by atoms with van der Waals surface area (Å²) in [5, 5.41) is 0. The average Bonchev–Trinajstić information content (AvgIpc) is 2.59. The molecule has 1 aromatic heterocycles. The predicted octanol–water partition coefficient (Wildman–Crippen LogP) is 4.97. The summed E-state index contributed by atoms with van der Waals surface area (Å²) in [4.78, 5) is 7.47. The van der Waals surface area contributed by atoms with Gasteiger partial charge in [-0.3, -0.25) is 0 Å². The van der Waals surface area contributed by atoms with Gasteiger partial charge in [0.15, 0.2) is 23.3 Å². The van der Waals surface area contributed by atoms with E-state index in [0.29, 0.717) is 12.1 Å². The molecule has 0 N–H and O–H groups in total. The van der Waals surface area contributed by atoms with Crippen molar-refractivity contribution in [1.29, 1.82) is 0 Å². The fourth-order valence-electron chi connectivity index (χ4n) is 2.22. The third-order valence-electron chi connectivity index (χ3n) is 3.36. The lowest BCUT2D eigenvalue weighted by Crippen LogP contribution is -2.25. The molecule has 3 nitrogen and oxygen atoms in total. The Morgan fingerprint density at radius 1 is 0.741 bits per heavy atom. The third kappa shape index (κ3) is 3.69. The second kappa shape index (κ2) is 6.86. The van der Waals surface area contributed by atoms with Crippen LogP contribution in [0, 0.1) is 29.1 Å². The van der Waals surface area contributed by atoms with Crippen LogP contribution in [0.1, 0.15) is 5.56 Å². The zero-order chi connectivity index (χ0) is 19.8. The number of ether oxygens (including phenoxy) is 1. The van der Waals surface area contributed by atoms with Gasteiger partial charge in [0.2, 0.25) is 0 Å². The Morgan fingerprint density at radius 2 is 1.26 bits per heavy atom. The maximum Gasteiger partial charge on any atom is 0.432 e. The van der Waals surface area contributed by atoms with E-state index < -0.39 is 46.5 Å². The molecule has 0 saturated heterocycles. The number of rotatable bonds is 4. The summed E-state index contributed by atoms with van der Waals surface area (Å²) in [6, 6.07) is 2.78. The van der Waals surface area contributed by atoms with E-state index in [1.807, 2.05) is 0 Å². The smallest absolute Gasteiger partial charge is 0.429 e. The van der Waals surface area contributed by atoms with E-state index in [2.05, 4.69) is 14.7 Å². The number of hydrogen-bond donors (Lipinski definition) is 0. The second-order valence-corrected chi connectivity index (χ2v) is 5.21. The molecule has 0 aliphatic carbocycles. The molecule has 0 aliphatic heterocycles. The topological polar surface area (TPSA) is 35.0 Å². The second-order valence-electron chi connectivity index (χ2n) is 5.21. The summed E-state index contributed by atoms with van der Waals surface area (Å²) in [5.41, 5.74) is -2.02. The lowest BCUT2D eigenvalue weighted by Gasteiger charge is -2.20. The van der Waals surface area contributed by atoms with E-state index in [1.165, 1.54) is 18.5 Å². The highest BCUT2D eigenvalue weighted by atomic mass is 19.3. The van der Waals surface area contributed by atoms with Gasteiger partial charge in [0.1, 0.15) is 22.9 Å². The van der Waals surface area contributed by atoms with Gasteiger partial charge in [-0.05, 0) is 18.2 Å². The summed E-state index contributed by atoms with van der Waals surface area (Å²) in [7, 11) is 0. The lowest BCUT2D eigenvalue weighted by atomic mass is 10.1. The quantitative estimate of drug-likeness (QED) is 0.468. The van der Waals surface area contributed by atoms with Crippen molar-refractivity contribution in [3.8, 4) is 17.1 Å². The molecule has 0 saturated carbocycles. The molecule has 10 heteroatoms. The highest BCUT2D eigenvalue weighted by Crippen LogP contribution is 2.37. The number of halogens is 7. The first-order valence-electron chi connectivity index (χ1n) is 7.17. The number of aromatic nitrogens is 2. The first-order chi connectivity index (χ1) is 12.7. The molecule has 0 aliphatic rings. The van der Waals surface area contributed by atoms with Crippen LogP contribution in [0.4, 0.5) is 30.7 Å². The van der Waals surface area contributed by atoms with Crippen LogP contribution in [0.5, 0.6) is 5.75 Å². The molecule has 0 fully saturated rings. The van der Waals surface area contributed by atoms with Gasteiger partial charge in [-0.1, -0.05) is 0 Å². The van der Waals surface area contributed by atoms with Crippen molar-refractivity contribution in [2.75, 3.05) is 0 Å². The predicted molar refractivity (Wildman–Crippen MR) is 78.2 cm³/mol. The summed E-state index contributed by atoms with van der Waals surface area (Å²) in [6.07, 6.45) is -2.09. The SMILES string of the molecule is Fc1cc(OC(F)(F)c2c(F)cc(-c3ncccn3)cc2F)cc(F)c1F. The van der Waals surface area contributed by atoms with E-state index in [4.69, 9.17) is 0 Å². The van der Waals surface area contributed by atoms with Crippen molar-refractivity contribution >= 4 is 0 Å². The molecule has 0 atom stereocenters. The van der Waals surface area contributed by atoms with E-state index in [0.717, 1.165) is 0 Å². The minimum atomic E-state index is -4.65. The summed E-state index contributed by atoms with van der Waals surface area (Å²) in [5.74, 6) is -10.2. The Bertz CT molecular complexity index is 950. The van der Waals surface area contributed by atoms with E-state index in [1.54, 1.807) is 0 Å². The summed E-state index contributed by atoms with van der Waals surface area (Å²) < 4.78 is 99.8. The zero-order valence-corrected chi connectivity index (χ0v) is 13.0. The lowest BCUT2D eigenvalue weighted by molar-refractivity contribution is -0.189. The average molecular weight is 388 g/mol. The molecule has 0 radical (unpaired) electrons. The van der Waals surface area contributed by atoms with Crippen LogP contribution in [0.15, 0.2) is 42.7 Å². The first-order valence-corrected chi connectivity index (χ1v) is 7.17. The highest BCUT2D eigenvalue weighted by molar-refractivity contribution is 5.56. The van der Waals surface area contributed by atoms with Gasteiger partial charge in [-0.2, -0.15) is 8.78 Å². The normalized spacial score (nSPS) is 11.5. The molecule has 0 amide bonds. The summed E-state index contributed by atoms with van der Waals surface area (Å²) >= 11 is 0. The van der Waals surface area contributed by atoms with Crippen molar-refractivity contribution in [2.24, 2.45) is 0 Å². The van der Waals surface area contributed by atoms with Gasteiger partial charge < -0.3 is 4.74 Å². The van der Waals surface area contributed by atoms with Crippen LogP contribution < -0.4 is 4.74 Å². The van der Waals surface area contributed by atoms with Gasteiger partial charge in [0.25, 0.3) is 0 Å². The molecule has 2 aromatic carbocycles. The number of benzene rings is 2. The molecule has 1 heterocycles. The maximum absolute atomic E-state index is 14.2. The molecule has 0 unspecified atom stereocenters. The zero-order valence-electron chi connectivity index (χ0n) is 13.0. The van der Waals surface area contributed by atoms with Crippen LogP contribution >= 0.6 is 0 Å². The Labute approximate surface area is 147 Å². The fraction of sp³-hybridized carbons (Fsp3) is 0.0588. The van der Waals surface area contributed by atoms with Gasteiger partial charge in [-0.25, -0.2) is 31.9 Å². The molecule has 27 heavy (non-hydrogen) atoms. The fourth-order valence-corrected chi connectivity index (χ4v) is 2.22. The van der Waals surface area contributed by atoms with Gasteiger partial charge >= 0.3 is 6.11 Å². The van der Waals surface area contributed by atoms with Crippen molar-refractivity contribution in [2.45, 2.75) is 6.11 Å². The van der Waals surface area contributed by atoms with Crippen LogP contribution in [0.2, 0.25) is 0 Å². The minimum absolute atomic E-state index is 0.117. The van der Waals surface area contributed by atoms with Gasteiger partial charge in [0.05, 0.1) is 0 Å². The van der Waals surface area contributed by atoms with Crippen molar-refractivity contribution < 1.29 is 35.5 Å². The van der Waals surface area contributed by atoms with Crippen LogP contribution in [-0.4, -0.2) is 9.97 Å². The van der Waals surface area contributed by atoms with Gasteiger partial charge in [0, 0.05) is 30.1 Å². The minimum Gasteiger partial charge on any atom is -0.429 e. The molecule has 0 bridgehead atoms. The first kappa shape index (κ1) is 18.6. The molecule has 0 spiro atoms. The standard InChI is InChI=1S/C17H7F7N2O/c18-10-4-8(16-25-2-1-3-26-16)5-11(19)14(10)17(23,24)27-9-6-12(20)15(22)13(21)7-9/h1-7H. The number of hydrogen-bond acceptors (Lipinski definition) is 3. The monoisotopic (exact) mass is 388 g/mol. The highest BCUT2D eigenvalue weighted by Gasteiger charge is 2.41. The van der Waals surface area contributed by atoms with Crippen molar-refractivity contribution in [3.05, 3.63) is 77.4 Å². The van der Waals surface area contributed by atoms with Crippen molar-refractivity contribution in [3.63, 3.8) is 0 Å². The Morgan fingerprint density at radius 3 is 1.78 bits per heavy atom. The molecule has 140 valence electrons.